The Hall–Kier alpha value is -2.37. The molecule has 1 saturated heterocycles. The van der Waals surface area contributed by atoms with Gasteiger partial charge in [-0.05, 0) is 49.8 Å². The minimum absolute atomic E-state index is 0.0222. The van der Waals surface area contributed by atoms with Gasteiger partial charge < -0.3 is 15.3 Å². The van der Waals surface area contributed by atoms with Gasteiger partial charge >= 0.3 is 5.97 Å². The number of anilines is 1. The summed E-state index contributed by atoms with van der Waals surface area (Å²) >= 11 is 0. The molecular formula is C20H26N2O4. The van der Waals surface area contributed by atoms with Crippen LogP contribution in [-0.2, 0) is 20.8 Å². The predicted octanol–water partition coefficient (Wildman–Crippen LogP) is 2.83. The summed E-state index contributed by atoms with van der Waals surface area (Å²) in [6.07, 6.45) is 5.42. The monoisotopic (exact) mass is 358 g/mol. The summed E-state index contributed by atoms with van der Waals surface area (Å²) in [7, 11) is 0. The molecule has 26 heavy (non-hydrogen) atoms. The van der Waals surface area contributed by atoms with Crippen molar-refractivity contribution in [1.82, 2.24) is 4.90 Å². The van der Waals surface area contributed by atoms with Crippen molar-refractivity contribution in [2.45, 2.75) is 51.4 Å². The van der Waals surface area contributed by atoms with Crippen LogP contribution in [0, 0.1) is 5.41 Å². The van der Waals surface area contributed by atoms with Gasteiger partial charge in [-0.25, -0.2) is 0 Å². The first-order valence-corrected chi connectivity index (χ1v) is 9.38. The number of carbonyl (C=O) groups excluding carboxylic acids is 2. The van der Waals surface area contributed by atoms with Gasteiger partial charge in [0, 0.05) is 31.6 Å². The zero-order chi connectivity index (χ0) is 18.6. The Bertz CT molecular complexity index is 674. The highest BCUT2D eigenvalue weighted by molar-refractivity contribution is 5.94. The number of nitrogens with zero attached hydrogens (tertiary/aromatic N) is 1. The fourth-order valence-electron chi connectivity index (χ4n) is 3.71. The van der Waals surface area contributed by atoms with Gasteiger partial charge in [0.2, 0.25) is 11.8 Å². The van der Waals surface area contributed by atoms with Crippen LogP contribution in [0.2, 0.25) is 0 Å². The summed E-state index contributed by atoms with van der Waals surface area (Å²) < 4.78 is 0. The number of rotatable bonds is 7. The Morgan fingerprint density at radius 1 is 1.04 bits per heavy atom. The number of aryl methyl sites for hydroxylation is 1. The van der Waals surface area contributed by atoms with E-state index in [1.807, 2.05) is 29.2 Å². The molecule has 2 fully saturated rings. The number of carboxylic acid groups (broad SMARTS) is 1. The van der Waals surface area contributed by atoms with Gasteiger partial charge in [0.05, 0.1) is 5.41 Å². The first kappa shape index (κ1) is 18.4. The molecule has 1 aliphatic heterocycles. The van der Waals surface area contributed by atoms with Gasteiger partial charge in [-0.2, -0.15) is 0 Å². The van der Waals surface area contributed by atoms with Gasteiger partial charge in [0.1, 0.15) is 0 Å². The molecule has 1 heterocycles. The smallest absolute Gasteiger partial charge is 0.310 e. The summed E-state index contributed by atoms with van der Waals surface area (Å²) in [6, 6.07) is 7.43. The maximum Gasteiger partial charge on any atom is 0.310 e. The highest BCUT2D eigenvalue weighted by atomic mass is 16.4. The summed E-state index contributed by atoms with van der Waals surface area (Å²) in [5.74, 6) is -0.930. The Morgan fingerprint density at radius 2 is 1.69 bits per heavy atom. The summed E-state index contributed by atoms with van der Waals surface area (Å²) in [6.45, 7) is 1.75. The molecule has 3 rings (SSSR count). The lowest BCUT2D eigenvalue weighted by Crippen LogP contribution is -2.41. The van der Waals surface area contributed by atoms with Crippen LogP contribution in [0.5, 0.6) is 0 Å². The third-order valence-corrected chi connectivity index (χ3v) is 5.59. The molecule has 0 spiro atoms. The molecule has 0 bridgehead atoms. The van der Waals surface area contributed by atoms with E-state index in [9.17, 15) is 19.5 Å². The molecule has 0 aromatic heterocycles. The molecule has 1 aliphatic carbocycles. The van der Waals surface area contributed by atoms with E-state index in [-0.39, 0.29) is 18.2 Å². The van der Waals surface area contributed by atoms with Crippen molar-refractivity contribution in [3.05, 3.63) is 29.8 Å². The van der Waals surface area contributed by atoms with Crippen LogP contribution in [-0.4, -0.2) is 40.9 Å². The van der Waals surface area contributed by atoms with Crippen LogP contribution in [0.1, 0.15) is 50.5 Å². The first-order valence-electron chi connectivity index (χ1n) is 9.38. The standard InChI is InChI=1S/C20H26N2O4/c23-17(14-20(19(25)26)10-3-11-20)21-16-7-4-15(5-8-16)6-9-18(24)22-12-1-2-13-22/h4-5,7-8H,1-3,6,9-14H2,(H,21,23)(H,25,26). The number of aliphatic carboxylic acids is 1. The molecule has 1 aromatic rings. The Labute approximate surface area is 153 Å². The molecule has 1 saturated carbocycles. The van der Waals surface area contributed by atoms with Crippen LogP contribution in [0.25, 0.3) is 0 Å². The van der Waals surface area contributed by atoms with E-state index in [1.54, 1.807) is 0 Å². The van der Waals surface area contributed by atoms with E-state index >= 15 is 0 Å². The number of likely N-dealkylation sites (tertiary alicyclic amines) is 1. The zero-order valence-electron chi connectivity index (χ0n) is 15.0. The second-order valence-corrected chi connectivity index (χ2v) is 7.45. The molecule has 6 nitrogen and oxygen atoms in total. The quantitative estimate of drug-likeness (QED) is 0.785. The van der Waals surface area contributed by atoms with E-state index in [0.717, 1.165) is 37.9 Å². The van der Waals surface area contributed by atoms with Crippen molar-refractivity contribution in [1.29, 1.82) is 0 Å². The highest BCUT2D eigenvalue weighted by Crippen LogP contribution is 2.44. The summed E-state index contributed by atoms with van der Waals surface area (Å²) in [5, 5.41) is 12.1. The van der Waals surface area contributed by atoms with Gasteiger partial charge in [0.25, 0.3) is 0 Å². The van der Waals surface area contributed by atoms with E-state index in [4.69, 9.17) is 0 Å². The SMILES string of the molecule is O=C(CC1(C(=O)O)CCC1)Nc1ccc(CCC(=O)N2CCCC2)cc1. The third kappa shape index (κ3) is 4.23. The second-order valence-electron chi connectivity index (χ2n) is 7.45. The third-order valence-electron chi connectivity index (χ3n) is 5.59. The lowest BCUT2D eigenvalue weighted by molar-refractivity contribution is -0.157. The number of nitrogens with one attached hydrogen (secondary N) is 1. The molecule has 140 valence electrons. The van der Waals surface area contributed by atoms with Crippen LogP contribution in [0.15, 0.2) is 24.3 Å². The normalized spacial score (nSPS) is 18.2. The Balaban J connectivity index is 1.47. The van der Waals surface area contributed by atoms with E-state index < -0.39 is 11.4 Å². The number of carboxylic acids is 1. The molecule has 2 aliphatic rings. The summed E-state index contributed by atoms with van der Waals surface area (Å²) in [4.78, 5) is 37.5. The fraction of sp³-hybridized carbons (Fsp3) is 0.550. The molecule has 0 atom stereocenters. The van der Waals surface area contributed by atoms with Crippen molar-refractivity contribution in [2.24, 2.45) is 5.41 Å². The number of carbonyl (C=O) groups is 3. The molecule has 2 N–H and O–H groups in total. The van der Waals surface area contributed by atoms with E-state index in [2.05, 4.69) is 5.32 Å². The van der Waals surface area contributed by atoms with Crippen LogP contribution in [0.3, 0.4) is 0 Å². The van der Waals surface area contributed by atoms with E-state index in [1.165, 1.54) is 0 Å². The predicted molar refractivity (Wildman–Crippen MR) is 97.7 cm³/mol. The Kier molecular flexibility index (Phi) is 5.59. The van der Waals surface area contributed by atoms with Gasteiger partial charge in [-0.3, -0.25) is 14.4 Å². The number of amides is 2. The maximum atomic E-state index is 12.1. The van der Waals surface area contributed by atoms with Crippen molar-refractivity contribution >= 4 is 23.5 Å². The highest BCUT2D eigenvalue weighted by Gasteiger charge is 2.45. The fourth-order valence-corrected chi connectivity index (χ4v) is 3.71. The minimum Gasteiger partial charge on any atom is -0.481 e. The topological polar surface area (TPSA) is 86.7 Å². The van der Waals surface area contributed by atoms with Gasteiger partial charge in [0.15, 0.2) is 0 Å². The number of benzene rings is 1. The molecule has 6 heteroatoms. The molecule has 0 unspecified atom stereocenters. The lowest BCUT2D eigenvalue weighted by Gasteiger charge is -2.36. The van der Waals surface area contributed by atoms with Crippen LogP contribution >= 0.6 is 0 Å². The molecular weight excluding hydrogens is 332 g/mol. The molecule has 0 radical (unpaired) electrons. The average Bonchev–Trinajstić information content (AvgIpc) is 3.11. The Morgan fingerprint density at radius 3 is 2.23 bits per heavy atom. The van der Waals surface area contributed by atoms with Crippen LogP contribution in [0.4, 0.5) is 5.69 Å². The van der Waals surface area contributed by atoms with Crippen molar-refractivity contribution in [2.75, 3.05) is 18.4 Å². The zero-order valence-corrected chi connectivity index (χ0v) is 15.0. The molecule has 1 aromatic carbocycles. The molecule has 2 amide bonds. The summed E-state index contributed by atoms with van der Waals surface area (Å²) in [5.41, 5.74) is 0.834. The van der Waals surface area contributed by atoms with Crippen molar-refractivity contribution < 1.29 is 19.5 Å². The first-order chi connectivity index (χ1) is 12.5. The van der Waals surface area contributed by atoms with Crippen molar-refractivity contribution in [3.63, 3.8) is 0 Å². The van der Waals surface area contributed by atoms with E-state index in [0.29, 0.717) is 31.4 Å². The minimum atomic E-state index is -0.878. The second kappa shape index (κ2) is 7.89. The van der Waals surface area contributed by atoms with Crippen molar-refractivity contribution in [3.8, 4) is 0 Å². The lowest BCUT2D eigenvalue weighted by atomic mass is 9.66. The maximum absolute atomic E-state index is 12.1. The largest absolute Gasteiger partial charge is 0.481 e. The van der Waals surface area contributed by atoms with Gasteiger partial charge in [-0.1, -0.05) is 18.6 Å². The number of hydrogen-bond donors (Lipinski definition) is 2. The number of hydrogen-bond acceptors (Lipinski definition) is 3. The van der Waals surface area contributed by atoms with Gasteiger partial charge in [-0.15, -0.1) is 0 Å². The average molecular weight is 358 g/mol. The van der Waals surface area contributed by atoms with Crippen LogP contribution < -0.4 is 5.32 Å².